The first-order chi connectivity index (χ1) is 25.5. The number of carbonyl (C=O) groups is 1. The molecular weight excluding hydrogens is 651 g/mol. The number of nitrogens with zero attached hydrogens (tertiary/aromatic N) is 1. The van der Waals surface area contributed by atoms with Crippen molar-refractivity contribution >= 4 is 11.7 Å². The predicted octanol–water partition coefficient (Wildman–Crippen LogP) is 9.24. The Kier molecular flexibility index (Phi) is 11.6. The molecule has 0 spiro atoms. The fourth-order valence-corrected chi connectivity index (χ4v) is 7.04. The van der Waals surface area contributed by atoms with Gasteiger partial charge >= 0.3 is 6.03 Å². The number of para-hydroxylation sites is 1. The van der Waals surface area contributed by atoms with Crippen molar-refractivity contribution in [1.29, 1.82) is 0 Å². The Morgan fingerprint density at radius 1 is 0.750 bits per heavy atom. The van der Waals surface area contributed by atoms with Crippen LogP contribution < -0.4 is 15.4 Å². The van der Waals surface area contributed by atoms with Crippen molar-refractivity contribution in [3.8, 4) is 22.6 Å². The number of piperidine rings is 1. The molecule has 0 radical (unpaired) electrons. The maximum Gasteiger partial charge on any atom is 0.319 e. The zero-order valence-electron chi connectivity index (χ0n) is 29.6. The summed E-state index contributed by atoms with van der Waals surface area (Å²) >= 11 is 0. The third-order valence-electron chi connectivity index (χ3n) is 9.97. The lowest BCUT2D eigenvalue weighted by atomic mass is 9.89. The van der Waals surface area contributed by atoms with Crippen LogP contribution >= 0.6 is 0 Å². The van der Waals surface area contributed by atoms with E-state index < -0.39 is 6.29 Å². The highest BCUT2D eigenvalue weighted by Gasteiger charge is 2.39. The van der Waals surface area contributed by atoms with E-state index in [1.807, 2.05) is 78.9 Å². The van der Waals surface area contributed by atoms with Crippen LogP contribution in [0.25, 0.3) is 11.1 Å². The number of nitrogens with one attached hydrogen (secondary N) is 2. The summed E-state index contributed by atoms with van der Waals surface area (Å²) in [6.07, 6.45) is 3.08. The average molecular weight is 698 g/mol. The number of aliphatic hydroxyl groups is 1. The molecule has 52 heavy (non-hydrogen) atoms. The highest BCUT2D eigenvalue weighted by atomic mass is 16.7. The molecule has 2 fully saturated rings. The molecule has 8 nitrogen and oxygen atoms in total. The van der Waals surface area contributed by atoms with E-state index in [1.54, 1.807) is 0 Å². The monoisotopic (exact) mass is 697 g/mol. The van der Waals surface area contributed by atoms with E-state index in [4.69, 9.17) is 14.2 Å². The summed E-state index contributed by atoms with van der Waals surface area (Å²) in [5, 5.41) is 15.5. The Labute approximate surface area is 306 Å². The number of benzene rings is 5. The van der Waals surface area contributed by atoms with Crippen molar-refractivity contribution in [3.63, 3.8) is 0 Å². The molecule has 2 aliphatic rings. The van der Waals surface area contributed by atoms with E-state index in [0.717, 1.165) is 58.8 Å². The predicted molar refractivity (Wildman–Crippen MR) is 204 cm³/mol. The van der Waals surface area contributed by atoms with Crippen LogP contribution in [0.2, 0.25) is 0 Å². The van der Waals surface area contributed by atoms with Gasteiger partial charge in [0.2, 0.25) is 0 Å². The maximum atomic E-state index is 12.8. The molecular formula is C44H47N3O5. The summed E-state index contributed by atoms with van der Waals surface area (Å²) in [5.74, 6) is 1.60. The van der Waals surface area contributed by atoms with Gasteiger partial charge in [-0.2, -0.15) is 0 Å². The van der Waals surface area contributed by atoms with Gasteiger partial charge in [-0.1, -0.05) is 92.2 Å². The van der Waals surface area contributed by atoms with Gasteiger partial charge in [-0.05, 0) is 102 Å². The normalized spacial score (nSPS) is 20.6. The van der Waals surface area contributed by atoms with E-state index in [0.29, 0.717) is 18.0 Å². The number of rotatable bonds is 11. The van der Waals surface area contributed by atoms with Crippen LogP contribution in [0.15, 0.2) is 127 Å². The number of anilines is 1. The molecule has 2 saturated heterocycles. The number of urea groups is 1. The zero-order valence-corrected chi connectivity index (χ0v) is 29.6. The van der Waals surface area contributed by atoms with Crippen LogP contribution in [0.3, 0.4) is 0 Å². The van der Waals surface area contributed by atoms with Crippen molar-refractivity contribution in [3.05, 3.63) is 150 Å². The molecule has 0 unspecified atom stereocenters. The number of aliphatic hydroxyl groups excluding tert-OH is 1. The lowest BCUT2D eigenvalue weighted by molar-refractivity contribution is -0.276. The van der Waals surface area contributed by atoms with Crippen LogP contribution in [-0.4, -0.2) is 41.8 Å². The lowest BCUT2D eigenvalue weighted by Crippen LogP contribution is -2.45. The second kappa shape index (κ2) is 17.0. The highest BCUT2D eigenvalue weighted by Crippen LogP contribution is 2.42. The van der Waals surface area contributed by atoms with Gasteiger partial charge in [0.05, 0.1) is 18.8 Å². The van der Waals surface area contributed by atoms with Gasteiger partial charge in [0.15, 0.2) is 6.29 Å². The highest BCUT2D eigenvalue weighted by molar-refractivity contribution is 5.89. The third-order valence-corrected chi connectivity index (χ3v) is 9.97. The Hall–Kier alpha value is -4.99. The topological polar surface area (TPSA) is 92.3 Å². The second-order valence-electron chi connectivity index (χ2n) is 13.8. The summed E-state index contributed by atoms with van der Waals surface area (Å²) in [6.45, 7) is 5.70. The molecule has 4 atom stereocenters. The Morgan fingerprint density at radius 2 is 1.46 bits per heavy atom. The van der Waals surface area contributed by atoms with Crippen LogP contribution in [-0.2, 0) is 22.6 Å². The molecule has 0 aromatic heterocycles. The molecule has 2 amide bonds. The summed E-state index contributed by atoms with van der Waals surface area (Å²) in [4.78, 5) is 15.3. The molecule has 8 heteroatoms. The first kappa shape index (κ1) is 35.4. The van der Waals surface area contributed by atoms with Crippen LogP contribution in [0, 0.1) is 5.92 Å². The molecule has 5 aromatic rings. The molecule has 268 valence electrons. The molecule has 0 aliphatic carbocycles. The summed E-state index contributed by atoms with van der Waals surface area (Å²) in [5.41, 5.74) is 6.69. The van der Waals surface area contributed by atoms with Crippen molar-refractivity contribution in [2.75, 3.05) is 25.0 Å². The van der Waals surface area contributed by atoms with Gasteiger partial charge in [0.1, 0.15) is 11.5 Å². The lowest BCUT2D eigenvalue weighted by Gasteiger charge is -2.43. The third kappa shape index (κ3) is 9.08. The van der Waals surface area contributed by atoms with Gasteiger partial charge in [0.25, 0.3) is 0 Å². The van der Waals surface area contributed by atoms with Gasteiger partial charge in [-0.3, -0.25) is 0 Å². The number of hydrogen-bond donors (Lipinski definition) is 3. The van der Waals surface area contributed by atoms with E-state index >= 15 is 0 Å². The largest absolute Gasteiger partial charge is 0.457 e. The van der Waals surface area contributed by atoms with E-state index in [9.17, 15) is 9.90 Å². The van der Waals surface area contributed by atoms with E-state index in [-0.39, 0.29) is 30.8 Å². The van der Waals surface area contributed by atoms with Crippen LogP contribution in [0.4, 0.5) is 10.5 Å². The minimum Gasteiger partial charge on any atom is -0.457 e. The second-order valence-corrected chi connectivity index (χ2v) is 13.8. The van der Waals surface area contributed by atoms with Crippen molar-refractivity contribution in [1.82, 2.24) is 10.2 Å². The molecule has 0 saturated carbocycles. The molecule has 2 heterocycles. The van der Waals surface area contributed by atoms with Gasteiger partial charge in [-0.15, -0.1) is 0 Å². The number of hydrogen-bond acceptors (Lipinski definition) is 6. The maximum absolute atomic E-state index is 12.8. The van der Waals surface area contributed by atoms with Crippen LogP contribution in [0.5, 0.6) is 11.5 Å². The number of amides is 2. The van der Waals surface area contributed by atoms with E-state index in [2.05, 4.69) is 71.0 Å². The van der Waals surface area contributed by atoms with Crippen molar-refractivity contribution in [2.45, 2.75) is 57.8 Å². The Bertz CT molecular complexity index is 1890. The summed E-state index contributed by atoms with van der Waals surface area (Å²) in [7, 11) is 0. The first-order valence-electron chi connectivity index (χ1n) is 18.3. The molecule has 3 N–H and O–H groups in total. The summed E-state index contributed by atoms with van der Waals surface area (Å²) in [6, 6.07) is 41.2. The smallest absolute Gasteiger partial charge is 0.319 e. The fraction of sp³-hybridized carbons (Fsp3) is 0.295. The Balaban J connectivity index is 1.01. The van der Waals surface area contributed by atoms with E-state index in [1.165, 1.54) is 19.3 Å². The quantitative estimate of drug-likeness (QED) is 0.128. The van der Waals surface area contributed by atoms with Crippen LogP contribution in [0.1, 0.15) is 60.8 Å². The molecule has 0 bridgehead atoms. The Morgan fingerprint density at radius 3 is 2.21 bits per heavy atom. The molecule has 5 aromatic carbocycles. The average Bonchev–Trinajstić information content (AvgIpc) is 3.20. The summed E-state index contributed by atoms with van der Waals surface area (Å²) < 4.78 is 19.4. The molecule has 7 rings (SSSR count). The van der Waals surface area contributed by atoms with Crippen molar-refractivity contribution in [2.24, 2.45) is 5.92 Å². The SMILES string of the molecule is C[C@H]1[C@@H](CN2CCCCC2)O[C@@H](c2cccc(-c3cccc(CNC(=O)Nc4ccc(Oc5ccccc5)cc4)c3)c2)O[C@H]1c1ccc(CO)cc1. The van der Waals surface area contributed by atoms with Gasteiger partial charge in [-0.25, -0.2) is 4.79 Å². The minimum absolute atomic E-state index is 0.00383. The first-order valence-corrected chi connectivity index (χ1v) is 18.3. The van der Waals surface area contributed by atoms with Gasteiger partial charge < -0.3 is 34.9 Å². The number of ether oxygens (including phenoxy) is 3. The van der Waals surface area contributed by atoms with Crippen molar-refractivity contribution < 1.29 is 24.1 Å². The van der Waals surface area contributed by atoms with Gasteiger partial charge in [0, 0.05) is 30.3 Å². The standard InChI is InChI=1S/C44H47N3O5/c1-31-41(29-47-24-6-3-7-25-47)51-43(52-42(31)34-18-16-32(30-48)17-19-34)37-13-9-12-36(27-37)35-11-8-10-33(26-35)28-45-44(49)46-38-20-22-40(23-21-38)50-39-14-4-2-5-15-39/h2,4-5,8-23,26-27,31,41-43,48H,3,6-7,24-25,28-30H2,1H3,(H2,45,46,49)/t31-,41+,42+,43+/m0/s1. The minimum atomic E-state index is -0.527. The molecule has 2 aliphatic heterocycles. The fourth-order valence-electron chi connectivity index (χ4n) is 7.04. The zero-order chi connectivity index (χ0) is 35.7. The number of likely N-dealkylation sites (tertiary alicyclic amines) is 1. The number of carbonyl (C=O) groups excluding carboxylic acids is 1.